The third kappa shape index (κ3) is 4.69. The zero-order chi connectivity index (χ0) is 25.4. The fourth-order valence-electron chi connectivity index (χ4n) is 4.54. The van der Waals surface area contributed by atoms with Crippen LogP contribution in [0.2, 0.25) is 0 Å². The molecule has 1 fully saturated rings. The summed E-state index contributed by atoms with van der Waals surface area (Å²) >= 11 is 5.80. The molecular formula is C26H24FN5O2S2. The van der Waals surface area contributed by atoms with E-state index in [1.54, 1.807) is 18.3 Å². The molecule has 0 amide bonds. The Labute approximate surface area is 214 Å². The second kappa shape index (κ2) is 9.36. The Morgan fingerprint density at radius 3 is 2.56 bits per heavy atom. The largest absolute Gasteiger partial charge is 0.351 e. The molecule has 0 aliphatic carbocycles. The number of benzene rings is 2. The quantitative estimate of drug-likeness (QED) is 0.353. The molecule has 184 valence electrons. The van der Waals surface area contributed by atoms with E-state index >= 15 is 0 Å². The maximum Gasteiger partial charge on any atom is 0.229 e. The number of halogens is 1. The van der Waals surface area contributed by atoms with Gasteiger partial charge in [0.15, 0.2) is 5.11 Å². The van der Waals surface area contributed by atoms with Crippen LogP contribution in [-0.2, 0) is 10.0 Å². The molecule has 0 saturated carbocycles. The molecule has 2 N–H and O–H groups in total. The molecule has 2 aromatic heterocycles. The molecule has 5 rings (SSSR count). The second-order valence-electron chi connectivity index (χ2n) is 8.65. The van der Waals surface area contributed by atoms with E-state index in [-0.39, 0.29) is 17.9 Å². The smallest absolute Gasteiger partial charge is 0.229 e. The van der Waals surface area contributed by atoms with Crippen molar-refractivity contribution in [2.75, 3.05) is 15.9 Å². The Balaban J connectivity index is 1.64. The van der Waals surface area contributed by atoms with Gasteiger partial charge in [0.25, 0.3) is 0 Å². The number of sulfonamides is 1. The van der Waals surface area contributed by atoms with Crippen molar-refractivity contribution < 1.29 is 12.8 Å². The van der Waals surface area contributed by atoms with E-state index < -0.39 is 10.0 Å². The summed E-state index contributed by atoms with van der Waals surface area (Å²) in [5, 5.41) is 3.92. The lowest BCUT2D eigenvalue weighted by molar-refractivity contribution is 0.549. The zero-order valence-electron chi connectivity index (χ0n) is 19.6. The highest BCUT2D eigenvalue weighted by atomic mass is 32.2. The lowest BCUT2D eigenvalue weighted by atomic mass is 10.0. The van der Waals surface area contributed by atoms with Gasteiger partial charge in [0, 0.05) is 29.5 Å². The zero-order valence-corrected chi connectivity index (χ0v) is 21.2. The third-order valence-corrected chi connectivity index (χ3v) is 6.96. The minimum absolute atomic E-state index is 0.282. The predicted octanol–water partition coefficient (Wildman–Crippen LogP) is 4.87. The number of anilines is 2. The van der Waals surface area contributed by atoms with Crippen LogP contribution >= 0.6 is 12.2 Å². The monoisotopic (exact) mass is 521 g/mol. The van der Waals surface area contributed by atoms with Crippen LogP contribution in [0.3, 0.4) is 0 Å². The van der Waals surface area contributed by atoms with Crippen LogP contribution in [0.1, 0.15) is 29.0 Å². The number of hydrogen-bond donors (Lipinski definition) is 2. The lowest BCUT2D eigenvalue weighted by Crippen LogP contribution is -2.30. The first kappa shape index (κ1) is 24.0. The third-order valence-electron chi connectivity index (χ3n) is 6.05. The maximum atomic E-state index is 14.1. The number of rotatable bonds is 6. The molecule has 0 unspecified atom stereocenters. The number of aromatic nitrogens is 2. The normalized spacial score (nSPS) is 17.8. The molecule has 0 spiro atoms. The highest BCUT2D eigenvalue weighted by molar-refractivity contribution is 7.92. The van der Waals surface area contributed by atoms with Gasteiger partial charge in [0.2, 0.25) is 10.0 Å². The summed E-state index contributed by atoms with van der Waals surface area (Å²) in [4.78, 5) is 6.57. The van der Waals surface area contributed by atoms with Gasteiger partial charge in [-0.2, -0.15) is 0 Å². The van der Waals surface area contributed by atoms with Crippen molar-refractivity contribution in [1.82, 2.24) is 14.9 Å². The molecular weight excluding hydrogens is 497 g/mol. The standard InChI is InChI=1S/C26H24FN5O2S2/c1-17-15-20(11-12-21(17)30-36(2,33)34)32-25(24(29-26(32)35)22-9-3-4-13-28-22)23-10-6-14-31(23)19-8-5-7-18(27)16-19/h3-16,24-25,30H,1-2H3,(H,29,35)/t24-,25-/m1/s1. The highest BCUT2D eigenvalue weighted by Crippen LogP contribution is 2.43. The molecule has 7 nitrogen and oxygen atoms in total. The van der Waals surface area contributed by atoms with Gasteiger partial charge in [-0.15, -0.1) is 0 Å². The van der Waals surface area contributed by atoms with E-state index in [4.69, 9.17) is 12.2 Å². The molecule has 36 heavy (non-hydrogen) atoms. The van der Waals surface area contributed by atoms with Crippen LogP contribution in [0.15, 0.2) is 85.2 Å². The fourth-order valence-corrected chi connectivity index (χ4v) is 5.52. The van der Waals surface area contributed by atoms with Crippen molar-refractivity contribution in [1.29, 1.82) is 0 Å². The molecule has 10 heteroatoms. The molecule has 2 atom stereocenters. The van der Waals surface area contributed by atoms with Gasteiger partial charge in [-0.25, -0.2) is 12.8 Å². The molecule has 0 radical (unpaired) electrons. The first-order chi connectivity index (χ1) is 17.2. The Bertz CT molecular complexity index is 1540. The lowest BCUT2D eigenvalue weighted by Gasteiger charge is -2.29. The van der Waals surface area contributed by atoms with Crippen LogP contribution in [0, 0.1) is 12.7 Å². The maximum absolute atomic E-state index is 14.1. The van der Waals surface area contributed by atoms with Crippen LogP contribution in [-0.4, -0.2) is 29.3 Å². The fraction of sp³-hybridized carbons (Fsp3) is 0.154. The molecule has 4 aromatic rings. The van der Waals surface area contributed by atoms with Crippen molar-refractivity contribution in [3.63, 3.8) is 0 Å². The van der Waals surface area contributed by atoms with Gasteiger partial charge >= 0.3 is 0 Å². The van der Waals surface area contributed by atoms with Gasteiger partial charge in [-0.05, 0) is 85.4 Å². The van der Waals surface area contributed by atoms with E-state index in [0.717, 1.165) is 28.9 Å². The summed E-state index contributed by atoms with van der Waals surface area (Å²) in [5.41, 5.74) is 4.43. The number of thiocarbonyl (C=S) groups is 1. The Hall–Kier alpha value is -3.76. The van der Waals surface area contributed by atoms with Crippen LogP contribution in [0.5, 0.6) is 0 Å². The van der Waals surface area contributed by atoms with Crippen molar-refractivity contribution in [2.45, 2.75) is 19.0 Å². The van der Waals surface area contributed by atoms with Gasteiger partial charge in [-0.1, -0.05) is 12.1 Å². The van der Waals surface area contributed by atoms with E-state index in [2.05, 4.69) is 15.0 Å². The predicted molar refractivity (Wildman–Crippen MR) is 143 cm³/mol. The molecule has 0 bridgehead atoms. The van der Waals surface area contributed by atoms with Crippen LogP contribution < -0.4 is 14.9 Å². The summed E-state index contributed by atoms with van der Waals surface area (Å²) in [7, 11) is -3.42. The minimum atomic E-state index is -3.42. The minimum Gasteiger partial charge on any atom is -0.351 e. The topological polar surface area (TPSA) is 79.3 Å². The number of aryl methyl sites for hydroxylation is 1. The molecule has 3 heterocycles. The van der Waals surface area contributed by atoms with E-state index in [1.165, 1.54) is 12.1 Å². The molecule has 1 aliphatic rings. The summed E-state index contributed by atoms with van der Waals surface area (Å²) in [6.45, 7) is 1.84. The number of pyridine rings is 1. The van der Waals surface area contributed by atoms with Gasteiger partial charge in [-0.3, -0.25) is 9.71 Å². The van der Waals surface area contributed by atoms with Crippen molar-refractivity contribution in [3.05, 3.63) is 108 Å². The van der Waals surface area contributed by atoms with Crippen molar-refractivity contribution in [3.8, 4) is 5.69 Å². The number of nitrogens with zero attached hydrogens (tertiary/aromatic N) is 3. The average molecular weight is 522 g/mol. The highest BCUT2D eigenvalue weighted by Gasteiger charge is 2.42. The van der Waals surface area contributed by atoms with Crippen LogP contribution in [0.4, 0.5) is 15.8 Å². The summed E-state index contributed by atoms with van der Waals surface area (Å²) in [6.07, 6.45) is 4.75. The SMILES string of the molecule is Cc1cc(N2C(=S)N[C@H](c3ccccn3)[C@H]2c2cccn2-c2cccc(F)c2)ccc1NS(C)(=O)=O. The Morgan fingerprint density at radius 1 is 1.03 bits per heavy atom. The van der Waals surface area contributed by atoms with E-state index in [1.807, 2.05) is 71.1 Å². The molecule has 1 aliphatic heterocycles. The summed E-state index contributed by atoms with van der Waals surface area (Å²) in [5.74, 6) is -0.324. The number of hydrogen-bond acceptors (Lipinski definition) is 4. The second-order valence-corrected chi connectivity index (χ2v) is 10.8. The van der Waals surface area contributed by atoms with E-state index in [9.17, 15) is 12.8 Å². The van der Waals surface area contributed by atoms with Gasteiger partial charge in [0.1, 0.15) is 11.9 Å². The van der Waals surface area contributed by atoms with Crippen molar-refractivity contribution >= 4 is 38.7 Å². The summed E-state index contributed by atoms with van der Waals surface area (Å²) < 4.78 is 42.1. The molecule has 2 aromatic carbocycles. The van der Waals surface area contributed by atoms with Gasteiger partial charge in [0.05, 0.1) is 23.7 Å². The van der Waals surface area contributed by atoms with Crippen molar-refractivity contribution in [2.24, 2.45) is 0 Å². The first-order valence-electron chi connectivity index (χ1n) is 11.2. The van der Waals surface area contributed by atoms with Gasteiger partial charge < -0.3 is 14.8 Å². The molecule has 1 saturated heterocycles. The first-order valence-corrected chi connectivity index (χ1v) is 13.5. The Kier molecular flexibility index (Phi) is 6.23. The summed E-state index contributed by atoms with van der Waals surface area (Å²) in [6, 6.07) is 20.9. The Morgan fingerprint density at radius 2 is 1.86 bits per heavy atom. The van der Waals surface area contributed by atoms with Crippen LogP contribution in [0.25, 0.3) is 5.69 Å². The number of nitrogens with one attached hydrogen (secondary N) is 2. The average Bonchev–Trinajstić information content (AvgIpc) is 3.44. The van der Waals surface area contributed by atoms with E-state index in [0.29, 0.717) is 16.5 Å².